The lowest BCUT2D eigenvalue weighted by Crippen LogP contribution is -2.13. The Labute approximate surface area is 176 Å². The van der Waals surface area contributed by atoms with Gasteiger partial charge in [0.25, 0.3) is 0 Å². The molecule has 0 aliphatic rings. The van der Waals surface area contributed by atoms with Crippen molar-refractivity contribution in [1.29, 1.82) is 0 Å². The number of hydrogen-bond acceptors (Lipinski definition) is 5. The van der Waals surface area contributed by atoms with Crippen LogP contribution in [0, 0.1) is 5.92 Å². The van der Waals surface area contributed by atoms with Crippen LogP contribution >= 0.6 is 15.9 Å². The highest BCUT2D eigenvalue weighted by Gasteiger charge is 2.26. The molecule has 0 aliphatic heterocycles. The van der Waals surface area contributed by atoms with Crippen LogP contribution < -0.4 is 5.73 Å². The number of carbonyl (C=O) groups excluding carboxylic acids is 1. The second-order valence-corrected chi connectivity index (χ2v) is 7.98. The maximum atomic E-state index is 12.9. The van der Waals surface area contributed by atoms with Crippen molar-refractivity contribution >= 4 is 49.9 Å². The molecule has 2 N–H and O–H groups in total. The van der Waals surface area contributed by atoms with Crippen LogP contribution in [0.1, 0.15) is 30.6 Å². The van der Waals surface area contributed by atoms with Crippen molar-refractivity contribution in [3.8, 4) is 5.69 Å². The van der Waals surface area contributed by atoms with Crippen LogP contribution in [0.25, 0.3) is 27.9 Å². The summed E-state index contributed by atoms with van der Waals surface area (Å²) >= 11 is 3.45. The Balaban J connectivity index is 1.94. The minimum Gasteiger partial charge on any atom is -0.462 e. The van der Waals surface area contributed by atoms with E-state index in [0.29, 0.717) is 23.3 Å². The number of para-hydroxylation sites is 2. The van der Waals surface area contributed by atoms with Crippen molar-refractivity contribution in [2.45, 2.75) is 20.3 Å². The number of esters is 1. The fraction of sp³-hybridized carbons (Fsp3) is 0.227. The van der Waals surface area contributed by atoms with Crippen LogP contribution in [0.3, 0.4) is 0 Å². The van der Waals surface area contributed by atoms with Crippen LogP contribution in [0.15, 0.2) is 53.0 Å². The summed E-state index contributed by atoms with van der Waals surface area (Å²) in [6.07, 6.45) is 0.924. The number of benzene rings is 2. The summed E-state index contributed by atoms with van der Waals surface area (Å²) in [5.74, 6) is 0.0620. The Morgan fingerprint density at radius 3 is 2.45 bits per heavy atom. The van der Waals surface area contributed by atoms with E-state index in [9.17, 15) is 4.79 Å². The molecule has 29 heavy (non-hydrogen) atoms. The molecule has 0 fully saturated rings. The zero-order valence-corrected chi connectivity index (χ0v) is 17.8. The molecule has 2 heterocycles. The number of anilines is 1. The molecule has 148 valence electrons. The van der Waals surface area contributed by atoms with Crippen molar-refractivity contribution in [3.63, 3.8) is 0 Å². The molecule has 7 heteroatoms. The van der Waals surface area contributed by atoms with Crippen LogP contribution in [-0.4, -0.2) is 27.1 Å². The Morgan fingerprint density at radius 1 is 1.14 bits per heavy atom. The first-order valence-corrected chi connectivity index (χ1v) is 10.3. The molecule has 2 aromatic carbocycles. The van der Waals surface area contributed by atoms with Gasteiger partial charge in [0.15, 0.2) is 5.65 Å². The fourth-order valence-corrected chi connectivity index (χ4v) is 3.39. The highest BCUT2D eigenvalue weighted by atomic mass is 79.9. The largest absolute Gasteiger partial charge is 0.462 e. The number of hydrogen-bond donors (Lipinski definition) is 1. The van der Waals surface area contributed by atoms with E-state index < -0.39 is 5.97 Å². The summed E-state index contributed by atoms with van der Waals surface area (Å²) in [4.78, 5) is 22.4. The second-order valence-electron chi connectivity index (χ2n) is 7.07. The first-order chi connectivity index (χ1) is 14.0. The molecule has 0 bridgehead atoms. The standard InChI is InChI=1S/C22H21BrN4O2/c1-3-13(2)12-29-22(28)18-19-21(26-17-7-5-4-6-16(17)25-19)27(20(18)24)15-10-8-14(23)9-11-15/h4-11,13H,3,12,24H2,1-2H3. The number of rotatable bonds is 5. The smallest absolute Gasteiger partial charge is 0.344 e. The summed E-state index contributed by atoms with van der Waals surface area (Å²) < 4.78 is 8.24. The highest BCUT2D eigenvalue weighted by molar-refractivity contribution is 9.10. The van der Waals surface area contributed by atoms with Gasteiger partial charge in [-0.25, -0.2) is 14.8 Å². The number of nitrogens with two attached hydrogens (primary N) is 1. The fourth-order valence-electron chi connectivity index (χ4n) is 3.12. The lowest BCUT2D eigenvalue weighted by atomic mass is 10.1. The van der Waals surface area contributed by atoms with Gasteiger partial charge in [-0.15, -0.1) is 0 Å². The minimum absolute atomic E-state index is 0.254. The minimum atomic E-state index is -0.478. The van der Waals surface area contributed by atoms with Crippen LogP contribution in [-0.2, 0) is 4.74 Å². The van der Waals surface area contributed by atoms with Crippen molar-refractivity contribution in [3.05, 3.63) is 58.6 Å². The highest BCUT2D eigenvalue weighted by Crippen LogP contribution is 2.32. The molecular weight excluding hydrogens is 432 g/mol. The van der Waals surface area contributed by atoms with Crippen molar-refractivity contribution in [2.24, 2.45) is 5.92 Å². The monoisotopic (exact) mass is 452 g/mol. The van der Waals surface area contributed by atoms with Gasteiger partial charge < -0.3 is 10.5 Å². The van der Waals surface area contributed by atoms with Crippen molar-refractivity contribution in [2.75, 3.05) is 12.3 Å². The molecule has 0 saturated heterocycles. The average Bonchev–Trinajstić information content (AvgIpc) is 3.01. The van der Waals surface area contributed by atoms with Gasteiger partial charge in [0, 0.05) is 10.2 Å². The predicted octanol–water partition coefficient (Wildman–Crippen LogP) is 5.12. The Hall–Kier alpha value is -2.93. The third-order valence-corrected chi connectivity index (χ3v) is 5.51. The lowest BCUT2D eigenvalue weighted by Gasteiger charge is -2.10. The third kappa shape index (κ3) is 3.58. The van der Waals surface area contributed by atoms with E-state index >= 15 is 0 Å². The number of ether oxygens (including phenoxy) is 1. The Bertz CT molecular complexity index is 1200. The molecule has 0 spiro atoms. The number of fused-ring (bicyclic) bond motifs is 2. The SMILES string of the molecule is CCC(C)COC(=O)c1c(N)n(-c2ccc(Br)cc2)c2nc3ccccc3nc12. The summed E-state index contributed by atoms with van der Waals surface area (Å²) in [5, 5.41) is 0. The molecule has 6 nitrogen and oxygen atoms in total. The second kappa shape index (κ2) is 7.83. The number of carbonyl (C=O) groups is 1. The normalized spacial score (nSPS) is 12.4. The summed E-state index contributed by atoms with van der Waals surface area (Å²) in [6, 6.07) is 15.2. The maximum absolute atomic E-state index is 12.9. The van der Waals surface area contributed by atoms with Crippen LogP contribution in [0.5, 0.6) is 0 Å². The van der Waals surface area contributed by atoms with Crippen molar-refractivity contribution < 1.29 is 9.53 Å². The van der Waals surface area contributed by atoms with Gasteiger partial charge in [-0.05, 0) is 42.3 Å². The molecular formula is C22H21BrN4O2. The Kier molecular flexibility index (Phi) is 5.24. The predicted molar refractivity (Wildman–Crippen MR) is 118 cm³/mol. The van der Waals surface area contributed by atoms with E-state index in [4.69, 9.17) is 20.4 Å². The topological polar surface area (TPSA) is 83.0 Å². The van der Waals surface area contributed by atoms with Gasteiger partial charge in [-0.3, -0.25) is 4.57 Å². The van der Waals surface area contributed by atoms with Gasteiger partial charge in [0.05, 0.1) is 17.6 Å². The van der Waals surface area contributed by atoms with Gasteiger partial charge in [0.1, 0.15) is 16.9 Å². The van der Waals surface area contributed by atoms with E-state index in [1.165, 1.54) is 0 Å². The Morgan fingerprint density at radius 2 is 1.79 bits per heavy atom. The molecule has 1 atom stereocenters. The number of halogens is 1. The van der Waals surface area contributed by atoms with Crippen molar-refractivity contribution in [1.82, 2.24) is 14.5 Å². The average molecular weight is 453 g/mol. The molecule has 4 rings (SSSR count). The van der Waals surface area contributed by atoms with E-state index in [2.05, 4.69) is 22.9 Å². The molecule has 1 unspecified atom stereocenters. The number of aromatic nitrogens is 3. The maximum Gasteiger partial charge on any atom is 0.344 e. The van der Waals surface area contributed by atoms with Gasteiger partial charge >= 0.3 is 5.97 Å². The summed E-state index contributed by atoms with van der Waals surface area (Å²) in [6.45, 7) is 4.43. The molecule has 4 aromatic rings. The van der Waals surface area contributed by atoms with Gasteiger partial charge in [-0.2, -0.15) is 0 Å². The van der Waals surface area contributed by atoms with Crippen LogP contribution in [0.2, 0.25) is 0 Å². The van der Waals surface area contributed by atoms with Crippen LogP contribution in [0.4, 0.5) is 5.82 Å². The quantitative estimate of drug-likeness (QED) is 0.424. The zero-order valence-electron chi connectivity index (χ0n) is 16.2. The summed E-state index contributed by atoms with van der Waals surface area (Å²) in [7, 11) is 0. The summed E-state index contributed by atoms with van der Waals surface area (Å²) in [5.41, 5.74) is 9.91. The lowest BCUT2D eigenvalue weighted by molar-refractivity contribution is 0.0450. The number of nitrogen functional groups attached to an aromatic ring is 1. The molecule has 0 aliphatic carbocycles. The van der Waals surface area contributed by atoms with Gasteiger partial charge in [-0.1, -0.05) is 48.3 Å². The van der Waals surface area contributed by atoms with E-state index in [1.807, 2.05) is 55.5 Å². The molecule has 2 aromatic heterocycles. The van der Waals surface area contributed by atoms with E-state index in [-0.39, 0.29) is 17.3 Å². The zero-order chi connectivity index (χ0) is 20.5. The first-order valence-electron chi connectivity index (χ1n) is 9.49. The van der Waals surface area contributed by atoms with Gasteiger partial charge in [0.2, 0.25) is 0 Å². The molecule has 0 saturated carbocycles. The molecule has 0 radical (unpaired) electrons. The van der Waals surface area contributed by atoms with E-state index in [1.54, 1.807) is 4.57 Å². The third-order valence-electron chi connectivity index (χ3n) is 4.98. The number of nitrogens with zero attached hydrogens (tertiary/aromatic N) is 3. The molecule has 0 amide bonds. The first kappa shape index (κ1) is 19.4. The van der Waals surface area contributed by atoms with E-state index in [0.717, 1.165) is 22.1 Å².